The Balaban J connectivity index is 2.42. The molecule has 0 saturated heterocycles. The summed E-state index contributed by atoms with van der Waals surface area (Å²) >= 11 is 6.15. The lowest BCUT2D eigenvalue weighted by molar-refractivity contribution is 0.0697. The smallest absolute Gasteiger partial charge is 0.335 e. The maximum Gasteiger partial charge on any atom is 0.335 e. The van der Waals surface area contributed by atoms with Crippen molar-refractivity contribution >= 4 is 28.4 Å². The summed E-state index contributed by atoms with van der Waals surface area (Å²) in [4.78, 5) is 15.2. The summed E-state index contributed by atoms with van der Waals surface area (Å²) in [5.41, 5.74) is 2.43. The summed E-state index contributed by atoms with van der Waals surface area (Å²) in [6, 6.07) is 14.1. The number of hydrogen-bond donors (Lipinski definition) is 1. The normalized spacial score (nSPS) is 11.4. The number of carboxylic acid groups (broad SMARTS) is 1. The largest absolute Gasteiger partial charge is 0.478 e. The highest BCUT2D eigenvalue weighted by molar-refractivity contribution is 6.69. The molecule has 0 radical (unpaired) electrons. The SMILES string of the molecule is Cc1ccc(C(=O)O)cc1N=C(Cl)c1ccccc1. The van der Waals surface area contributed by atoms with E-state index in [9.17, 15) is 4.79 Å². The van der Waals surface area contributed by atoms with Crippen molar-refractivity contribution in [3.63, 3.8) is 0 Å². The number of rotatable bonds is 3. The van der Waals surface area contributed by atoms with E-state index in [0.29, 0.717) is 10.9 Å². The van der Waals surface area contributed by atoms with Gasteiger partial charge < -0.3 is 5.11 Å². The van der Waals surface area contributed by atoms with Crippen LogP contribution in [0.2, 0.25) is 0 Å². The molecule has 19 heavy (non-hydrogen) atoms. The number of carbonyl (C=O) groups is 1. The van der Waals surface area contributed by atoms with Crippen LogP contribution >= 0.6 is 11.6 Å². The first-order valence-electron chi connectivity index (χ1n) is 5.71. The molecular weight excluding hydrogens is 262 g/mol. The van der Waals surface area contributed by atoms with Gasteiger partial charge in [0.05, 0.1) is 11.3 Å². The highest BCUT2D eigenvalue weighted by atomic mass is 35.5. The molecule has 0 unspecified atom stereocenters. The zero-order valence-corrected chi connectivity index (χ0v) is 11.1. The van der Waals surface area contributed by atoms with Crippen LogP contribution in [0.4, 0.5) is 5.69 Å². The Labute approximate surface area is 116 Å². The van der Waals surface area contributed by atoms with Gasteiger partial charge in [0.1, 0.15) is 5.17 Å². The Morgan fingerprint density at radius 1 is 1.11 bits per heavy atom. The van der Waals surface area contributed by atoms with Gasteiger partial charge >= 0.3 is 5.97 Å². The van der Waals surface area contributed by atoms with Crippen molar-refractivity contribution in [3.05, 3.63) is 65.2 Å². The quantitative estimate of drug-likeness (QED) is 0.859. The lowest BCUT2D eigenvalue weighted by Gasteiger charge is -2.04. The number of aliphatic imine (C=N–C) groups is 1. The molecule has 0 atom stereocenters. The molecular formula is C15H12ClNO2. The minimum atomic E-state index is -0.979. The van der Waals surface area contributed by atoms with E-state index in [2.05, 4.69) is 4.99 Å². The van der Waals surface area contributed by atoms with Crippen molar-refractivity contribution in [2.45, 2.75) is 6.92 Å². The molecule has 96 valence electrons. The predicted molar refractivity (Wildman–Crippen MR) is 76.6 cm³/mol. The van der Waals surface area contributed by atoms with E-state index < -0.39 is 5.97 Å². The number of halogens is 1. The molecule has 0 aliphatic rings. The van der Waals surface area contributed by atoms with Crippen LogP contribution in [0.15, 0.2) is 53.5 Å². The molecule has 3 nitrogen and oxygen atoms in total. The van der Waals surface area contributed by atoms with Crippen molar-refractivity contribution in [2.75, 3.05) is 0 Å². The average molecular weight is 274 g/mol. The molecule has 0 amide bonds. The van der Waals surface area contributed by atoms with Gasteiger partial charge in [-0.2, -0.15) is 0 Å². The molecule has 2 aromatic carbocycles. The van der Waals surface area contributed by atoms with Crippen LogP contribution in [0.3, 0.4) is 0 Å². The zero-order chi connectivity index (χ0) is 13.8. The fourth-order valence-corrected chi connectivity index (χ4v) is 1.83. The van der Waals surface area contributed by atoms with Crippen LogP contribution in [-0.2, 0) is 0 Å². The van der Waals surface area contributed by atoms with Gasteiger partial charge in [0, 0.05) is 5.56 Å². The molecule has 0 spiro atoms. The van der Waals surface area contributed by atoms with E-state index in [-0.39, 0.29) is 5.56 Å². The van der Waals surface area contributed by atoms with Gasteiger partial charge in [0.15, 0.2) is 0 Å². The summed E-state index contributed by atoms with van der Waals surface area (Å²) in [7, 11) is 0. The van der Waals surface area contributed by atoms with Gasteiger partial charge in [-0.25, -0.2) is 9.79 Å². The second-order valence-electron chi connectivity index (χ2n) is 4.08. The third kappa shape index (κ3) is 3.20. The van der Waals surface area contributed by atoms with Gasteiger partial charge in [0.2, 0.25) is 0 Å². The molecule has 1 N–H and O–H groups in total. The molecule has 0 fully saturated rings. The van der Waals surface area contributed by atoms with Crippen LogP contribution in [0.25, 0.3) is 0 Å². The van der Waals surface area contributed by atoms with Crippen molar-refractivity contribution in [1.29, 1.82) is 0 Å². The summed E-state index contributed by atoms with van der Waals surface area (Å²) in [5, 5.41) is 9.31. The molecule has 2 rings (SSSR count). The maximum atomic E-state index is 10.9. The summed E-state index contributed by atoms with van der Waals surface area (Å²) in [6.45, 7) is 1.86. The minimum Gasteiger partial charge on any atom is -0.478 e. The van der Waals surface area contributed by atoms with E-state index in [4.69, 9.17) is 16.7 Å². The maximum absolute atomic E-state index is 10.9. The fraction of sp³-hybridized carbons (Fsp3) is 0.0667. The van der Waals surface area contributed by atoms with E-state index in [1.54, 1.807) is 12.1 Å². The Bertz CT molecular complexity index is 636. The van der Waals surface area contributed by atoms with Gasteiger partial charge in [-0.15, -0.1) is 0 Å². The van der Waals surface area contributed by atoms with E-state index in [1.165, 1.54) is 6.07 Å². The highest BCUT2D eigenvalue weighted by Crippen LogP contribution is 2.22. The Morgan fingerprint density at radius 2 is 1.79 bits per heavy atom. The predicted octanol–water partition coefficient (Wildman–Crippen LogP) is 4.01. The van der Waals surface area contributed by atoms with E-state index in [1.807, 2.05) is 37.3 Å². The third-order valence-electron chi connectivity index (χ3n) is 2.69. The van der Waals surface area contributed by atoms with Crippen molar-refractivity contribution < 1.29 is 9.90 Å². The molecule has 2 aromatic rings. The van der Waals surface area contributed by atoms with Gasteiger partial charge in [0.25, 0.3) is 0 Å². The van der Waals surface area contributed by atoms with Crippen LogP contribution in [-0.4, -0.2) is 16.2 Å². The summed E-state index contributed by atoms with van der Waals surface area (Å²) < 4.78 is 0. The summed E-state index contributed by atoms with van der Waals surface area (Å²) in [5.74, 6) is -0.979. The lowest BCUT2D eigenvalue weighted by atomic mass is 10.1. The molecule has 0 saturated carbocycles. The summed E-state index contributed by atoms with van der Waals surface area (Å²) in [6.07, 6.45) is 0. The van der Waals surface area contributed by atoms with Crippen LogP contribution < -0.4 is 0 Å². The van der Waals surface area contributed by atoms with Gasteiger partial charge in [-0.1, -0.05) is 48.0 Å². The van der Waals surface area contributed by atoms with Crippen molar-refractivity contribution in [2.24, 2.45) is 4.99 Å². The van der Waals surface area contributed by atoms with Crippen LogP contribution in [0.5, 0.6) is 0 Å². The highest BCUT2D eigenvalue weighted by Gasteiger charge is 2.07. The van der Waals surface area contributed by atoms with Crippen LogP contribution in [0, 0.1) is 6.92 Å². The number of aryl methyl sites for hydroxylation is 1. The minimum absolute atomic E-state index is 0.196. The molecule has 0 aliphatic heterocycles. The first-order chi connectivity index (χ1) is 9.08. The van der Waals surface area contributed by atoms with Crippen LogP contribution in [0.1, 0.15) is 21.5 Å². The first kappa shape index (κ1) is 13.3. The number of carboxylic acids is 1. The molecule has 0 heterocycles. The van der Waals surface area contributed by atoms with E-state index >= 15 is 0 Å². The Kier molecular flexibility index (Phi) is 3.97. The molecule has 0 aromatic heterocycles. The van der Waals surface area contributed by atoms with Gasteiger partial charge in [-0.3, -0.25) is 0 Å². The lowest BCUT2D eigenvalue weighted by Crippen LogP contribution is -1.96. The third-order valence-corrected chi connectivity index (χ3v) is 2.99. The number of aromatic carboxylic acids is 1. The number of nitrogens with zero attached hydrogens (tertiary/aromatic N) is 1. The van der Waals surface area contributed by atoms with Gasteiger partial charge in [-0.05, 0) is 24.6 Å². The Hall–Kier alpha value is -2.13. The number of hydrogen-bond acceptors (Lipinski definition) is 2. The topological polar surface area (TPSA) is 49.7 Å². The fourth-order valence-electron chi connectivity index (χ4n) is 1.61. The second-order valence-corrected chi connectivity index (χ2v) is 4.43. The van der Waals surface area contributed by atoms with Crippen molar-refractivity contribution in [1.82, 2.24) is 0 Å². The molecule has 0 bridgehead atoms. The first-order valence-corrected chi connectivity index (χ1v) is 6.09. The Morgan fingerprint density at radius 3 is 2.42 bits per heavy atom. The molecule has 0 aliphatic carbocycles. The zero-order valence-electron chi connectivity index (χ0n) is 10.3. The molecule has 4 heteroatoms. The van der Waals surface area contributed by atoms with Crippen molar-refractivity contribution in [3.8, 4) is 0 Å². The van der Waals surface area contributed by atoms with E-state index in [0.717, 1.165) is 11.1 Å². The average Bonchev–Trinajstić information content (AvgIpc) is 2.42. The standard InChI is InChI=1S/C15H12ClNO2/c1-10-7-8-12(15(18)19)9-13(10)17-14(16)11-5-3-2-4-6-11/h2-9H,1H3,(H,18,19). The number of benzene rings is 2. The second kappa shape index (κ2) is 5.67. The monoisotopic (exact) mass is 273 g/mol.